The third-order valence-corrected chi connectivity index (χ3v) is 5.15. The lowest BCUT2D eigenvalue weighted by molar-refractivity contribution is 0.232. The van der Waals surface area contributed by atoms with Crippen molar-refractivity contribution in [2.24, 2.45) is 4.99 Å². The molecule has 2 rings (SSSR count). The number of likely N-dealkylation sites (N-methyl/N-ethyl adjacent to an activating group) is 1. The van der Waals surface area contributed by atoms with Crippen LogP contribution in [0.25, 0.3) is 0 Å². The molecule has 2 aliphatic rings. The first kappa shape index (κ1) is 22.9. The van der Waals surface area contributed by atoms with Gasteiger partial charge in [0.05, 0.1) is 0 Å². The van der Waals surface area contributed by atoms with Crippen LogP contribution < -0.4 is 10.6 Å². The quantitative estimate of drug-likeness (QED) is 0.256. The standard InChI is InChI=1S/C18H38N6.HI/c1-19-18(21-9-15-23-11-4-3-5-12-23)20-8-6-13-24-14-7-10-22(2)16-17-24;/h3-17H2,1-2H3,(H2,19,20,21);1H. The molecule has 0 aliphatic carbocycles. The van der Waals surface area contributed by atoms with E-state index in [0.29, 0.717) is 0 Å². The molecular formula is C18H39IN6. The van der Waals surface area contributed by atoms with Crippen molar-refractivity contribution in [2.75, 3.05) is 79.5 Å². The van der Waals surface area contributed by atoms with Crippen LogP contribution in [0.15, 0.2) is 4.99 Å². The summed E-state index contributed by atoms with van der Waals surface area (Å²) in [6.07, 6.45) is 6.60. The molecule has 0 atom stereocenters. The number of likely N-dealkylation sites (tertiary alicyclic amines) is 1. The van der Waals surface area contributed by atoms with E-state index in [2.05, 4.69) is 37.4 Å². The van der Waals surface area contributed by atoms with Crippen molar-refractivity contribution >= 4 is 29.9 Å². The van der Waals surface area contributed by atoms with E-state index in [1.54, 1.807) is 0 Å². The van der Waals surface area contributed by atoms with Crippen LogP contribution in [0.3, 0.4) is 0 Å². The Labute approximate surface area is 171 Å². The van der Waals surface area contributed by atoms with Crippen LogP contribution in [-0.2, 0) is 0 Å². The molecule has 25 heavy (non-hydrogen) atoms. The fraction of sp³-hybridized carbons (Fsp3) is 0.944. The molecule has 148 valence electrons. The Morgan fingerprint density at radius 3 is 2.24 bits per heavy atom. The smallest absolute Gasteiger partial charge is 0.191 e. The Balaban J connectivity index is 0.00000312. The highest BCUT2D eigenvalue weighted by molar-refractivity contribution is 14.0. The first-order chi connectivity index (χ1) is 11.8. The van der Waals surface area contributed by atoms with Gasteiger partial charge in [0.15, 0.2) is 5.96 Å². The molecule has 0 unspecified atom stereocenters. The fourth-order valence-electron chi connectivity index (χ4n) is 3.57. The van der Waals surface area contributed by atoms with Gasteiger partial charge in [-0.05, 0) is 65.5 Å². The van der Waals surface area contributed by atoms with Crippen LogP contribution in [0.1, 0.15) is 32.1 Å². The SMILES string of the molecule is CN=C(NCCCN1CCCN(C)CC1)NCCN1CCCCC1.I. The lowest BCUT2D eigenvalue weighted by atomic mass is 10.1. The molecule has 6 nitrogen and oxygen atoms in total. The number of nitrogens with one attached hydrogen (secondary N) is 2. The molecule has 2 N–H and O–H groups in total. The molecule has 2 heterocycles. The van der Waals surface area contributed by atoms with Gasteiger partial charge in [-0.2, -0.15) is 0 Å². The van der Waals surface area contributed by atoms with Crippen LogP contribution in [0.2, 0.25) is 0 Å². The summed E-state index contributed by atoms with van der Waals surface area (Å²) in [5.41, 5.74) is 0. The van der Waals surface area contributed by atoms with E-state index in [4.69, 9.17) is 0 Å². The van der Waals surface area contributed by atoms with Gasteiger partial charge >= 0.3 is 0 Å². The van der Waals surface area contributed by atoms with Gasteiger partial charge in [0.1, 0.15) is 0 Å². The minimum Gasteiger partial charge on any atom is -0.356 e. The van der Waals surface area contributed by atoms with Gasteiger partial charge in [0.2, 0.25) is 0 Å². The molecule has 0 radical (unpaired) electrons. The average molecular weight is 466 g/mol. The van der Waals surface area contributed by atoms with Gasteiger partial charge in [0.25, 0.3) is 0 Å². The van der Waals surface area contributed by atoms with E-state index < -0.39 is 0 Å². The summed E-state index contributed by atoms with van der Waals surface area (Å²) in [5, 5.41) is 6.90. The van der Waals surface area contributed by atoms with Crippen LogP contribution >= 0.6 is 24.0 Å². The molecule has 0 aromatic carbocycles. The summed E-state index contributed by atoms with van der Waals surface area (Å²) in [4.78, 5) is 11.9. The maximum absolute atomic E-state index is 4.34. The van der Waals surface area contributed by atoms with Crippen molar-refractivity contribution in [3.63, 3.8) is 0 Å². The summed E-state index contributed by atoms with van der Waals surface area (Å²) in [5.74, 6) is 0.947. The first-order valence-electron chi connectivity index (χ1n) is 9.85. The highest BCUT2D eigenvalue weighted by Gasteiger charge is 2.11. The van der Waals surface area contributed by atoms with Gasteiger partial charge in [-0.15, -0.1) is 24.0 Å². The number of aliphatic imine (C=N–C) groups is 1. The van der Waals surface area contributed by atoms with Gasteiger partial charge in [-0.25, -0.2) is 0 Å². The molecule has 0 spiro atoms. The molecule has 0 amide bonds. The third-order valence-electron chi connectivity index (χ3n) is 5.15. The number of nitrogens with zero attached hydrogens (tertiary/aromatic N) is 4. The van der Waals surface area contributed by atoms with E-state index in [1.807, 2.05) is 7.05 Å². The summed E-state index contributed by atoms with van der Waals surface area (Å²) in [6, 6.07) is 0. The minimum atomic E-state index is 0. The number of halogens is 1. The second kappa shape index (κ2) is 14.0. The van der Waals surface area contributed by atoms with Gasteiger partial charge in [-0.1, -0.05) is 6.42 Å². The Hall–Kier alpha value is -0.120. The van der Waals surface area contributed by atoms with Crippen molar-refractivity contribution in [3.05, 3.63) is 0 Å². The Morgan fingerprint density at radius 2 is 1.48 bits per heavy atom. The molecule has 2 fully saturated rings. The normalized spacial score (nSPS) is 21.4. The van der Waals surface area contributed by atoms with Crippen LogP contribution in [0.5, 0.6) is 0 Å². The van der Waals surface area contributed by atoms with E-state index in [9.17, 15) is 0 Å². The molecule has 2 saturated heterocycles. The maximum Gasteiger partial charge on any atom is 0.191 e. The number of hydrogen-bond donors (Lipinski definition) is 2. The molecular weight excluding hydrogens is 427 g/mol. The number of hydrogen-bond acceptors (Lipinski definition) is 4. The predicted octanol–water partition coefficient (Wildman–Crippen LogP) is 1.28. The van der Waals surface area contributed by atoms with Crippen molar-refractivity contribution in [3.8, 4) is 0 Å². The van der Waals surface area contributed by atoms with E-state index in [0.717, 1.165) is 25.6 Å². The van der Waals surface area contributed by atoms with E-state index in [-0.39, 0.29) is 24.0 Å². The maximum atomic E-state index is 4.34. The summed E-state index contributed by atoms with van der Waals surface area (Å²) >= 11 is 0. The van der Waals surface area contributed by atoms with E-state index >= 15 is 0 Å². The van der Waals surface area contributed by atoms with Crippen LogP contribution in [0, 0.1) is 0 Å². The Bertz CT molecular complexity index is 359. The molecule has 0 bridgehead atoms. The molecule has 0 saturated carbocycles. The highest BCUT2D eigenvalue weighted by atomic mass is 127. The zero-order valence-electron chi connectivity index (χ0n) is 16.3. The molecule has 2 aliphatic heterocycles. The van der Waals surface area contributed by atoms with Gasteiger partial charge in [0, 0.05) is 39.8 Å². The van der Waals surface area contributed by atoms with Crippen molar-refractivity contribution < 1.29 is 0 Å². The zero-order chi connectivity index (χ0) is 17.0. The molecule has 0 aromatic rings. The van der Waals surface area contributed by atoms with Gasteiger partial charge in [-0.3, -0.25) is 4.99 Å². The number of piperidine rings is 1. The first-order valence-corrected chi connectivity index (χ1v) is 9.85. The lowest BCUT2D eigenvalue weighted by Gasteiger charge is -2.26. The van der Waals surface area contributed by atoms with Gasteiger partial charge < -0.3 is 25.3 Å². The summed E-state index contributed by atoms with van der Waals surface area (Å²) in [6.45, 7) is 11.7. The highest BCUT2D eigenvalue weighted by Crippen LogP contribution is 2.07. The Kier molecular flexibility index (Phi) is 12.8. The minimum absolute atomic E-state index is 0. The third kappa shape index (κ3) is 9.96. The largest absolute Gasteiger partial charge is 0.356 e. The second-order valence-electron chi connectivity index (χ2n) is 7.18. The number of guanidine groups is 1. The van der Waals surface area contributed by atoms with Crippen molar-refractivity contribution in [1.82, 2.24) is 25.3 Å². The summed E-state index contributed by atoms with van der Waals surface area (Å²) in [7, 11) is 4.09. The monoisotopic (exact) mass is 466 g/mol. The molecule has 7 heteroatoms. The average Bonchev–Trinajstić information content (AvgIpc) is 2.82. The van der Waals surface area contributed by atoms with E-state index in [1.165, 1.54) is 77.9 Å². The predicted molar refractivity (Wildman–Crippen MR) is 118 cm³/mol. The van der Waals surface area contributed by atoms with Crippen LogP contribution in [0.4, 0.5) is 0 Å². The summed E-state index contributed by atoms with van der Waals surface area (Å²) < 4.78 is 0. The zero-order valence-corrected chi connectivity index (χ0v) is 18.6. The van der Waals surface area contributed by atoms with Crippen molar-refractivity contribution in [1.29, 1.82) is 0 Å². The van der Waals surface area contributed by atoms with Crippen molar-refractivity contribution in [2.45, 2.75) is 32.1 Å². The van der Waals surface area contributed by atoms with Crippen LogP contribution in [-0.4, -0.2) is 100 Å². The lowest BCUT2D eigenvalue weighted by Crippen LogP contribution is -2.43. The molecule has 0 aromatic heterocycles. The fourth-order valence-corrected chi connectivity index (χ4v) is 3.57. The number of rotatable bonds is 7. The second-order valence-corrected chi connectivity index (χ2v) is 7.18. The topological polar surface area (TPSA) is 46.1 Å². The Morgan fingerprint density at radius 1 is 0.800 bits per heavy atom.